The lowest BCUT2D eigenvalue weighted by molar-refractivity contribution is -0.386. The monoisotopic (exact) mass is 349 g/mol. The van der Waals surface area contributed by atoms with Gasteiger partial charge in [0.15, 0.2) is 0 Å². The van der Waals surface area contributed by atoms with Gasteiger partial charge in [0.05, 0.1) is 11.5 Å². The Bertz CT molecular complexity index is 714. The lowest BCUT2D eigenvalue weighted by atomic mass is 10.1. The second-order valence-corrected chi connectivity index (χ2v) is 5.27. The topological polar surface area (TPSA) is 114 Å². The summed E-state index contributed by atoms with van der Waals surface area (Å²) >= 11 is 0. The molecule has 132 valence electrons. The van der Waals surface area contributed by atoms with E-state index in [1.165, 1.54) is 13.8 Å². The van der Waals surface area contributed by atoms with E-state index < -0.39 is 35.6 Å². The quantitative estimate of drug-likeness (QED) is 0.649. The molecule has 1 N–H and O–H groups in total. The fourth-order valence-electron chi connectivity index (χ4n) is 2.42. The molecule has 0 radical (unpaired) electrons. The van der Waals surface area contributed by atoms with Crippen LogP contribution in [0.2, 0.25) is 0 Å². The number of carbonyl (C=O) groups excluding carboxylic acids is 1. The van der Waals surface area contributed by atoms with E-state index in [1.807, 2.05) is 0 Å². The van der Waals surface area contributed by atoms with E-state index in [0.29, 0.717) is 0 Å². The van der Waals surface area contributed by atoms with E-state index in [2.05, 4.69) is 10.2 Å². The van der Waals surface area contributed by atoms with Crippen molar-refractivity contribution in [3.8, 4) is 0 Å². The molecule has 1 aliphatic rings. The first kappa shape index (κ1) is 17.8. The molecule has 1 aliphatic heterocycles. The van der Waals surface area contributed by atoms with Crippen molar-refractivity contribution < 1.29 is 28.0 Å². The van der Waals surface area contributed by atoms with Crippen molar-refractivity contribution in [3.63, 3.8) is 0 Å². The van der Waals surface area contributed by atoms with E-state index in [4.69, 9.17) is 0 Å². The van der Waals surface area contributed by atoms with Crippen molar-refractivity contribution in [2.75, 3.05) is 0 Å². The predicted octanol–water partition coefficient (Wildman–Crippen LogP) is 1.27. The highest BCUT2D eigenvalue weighted by molar-refractivity contribution is 5.80. The number of amides is 1. The number of rotatable bonds is 4. The van der Waals surface area contributed by atoms with E-state index in [-0.39, 0.29) is 28.6 Å². The number of hydrogen-bond donors (Lipinski definition) is 1. The number of carbonyl (C=O) groups is 1. The van der Waals surface area contributed by atoms with Gasteiger partial charge in [0.2, 0.25) is 5.91 Å². The van der Waals surface area contributed by atoms with Crippen LogP contribution in [0.1, 0.15) is 24.2 Å². The van der Waals surface area contributed by atoms with Crippen molar-refractivity contribution in [3.05, 3.63) is 21.5 Å². The zero-order valence-corrected chi connectivity index (χ0v) is 12.7. The zero-order chi connectivity index (χ0) is 18.3. The molecule has 0 aromatic carbocycles. The number of alkyl halides is 3. The summed E-state index contributed by atoms with van der Waals surface area (Å²) in [7, 11) is 0. The van der Waals surface area contributed by atoms with Crippen LogP contribution in [0.3, 0.4) is 0 Å². The van der Waals surface area contributed by atoms with Gasteiger partial charge in [-0.2, -0.15) is 28.4 Å². The summed E-state index contributed by atoms with van der Waals surface area (Å²) in [6.45, 7) is 2.65. The van der Waals surface area contributed by atoms with Gasteiger partial charge in [-0.3, -0.25) is 19.6 Å². The van der Waals surface area contributed by atoms with Crippen molar-refractivity contribution in [1.82, 2.24) is 14.8 Å². The van der Waals surface area contributed by atoms with Crippen molar-refractivity contribution in [2.24, 2.45) is 5.10 Å². The maximum Gasteiger partial charge on any atom is 0.438 e. The number of nitrogens with zero attached hydrogens (tertiary/aromatic N) is 5. The summed E-state index contributed by atoms with van der Waals surface area (Å²) in [6, 6.07) is 0. The first-order chi connectivity index (χ1) is 11.0. The Morgan fingerprint density at radius 3 is 2.62 bits per heavy atom. The highest BCUT2D eigenvalue weighted by Gasteiger charge is 2.61. The molecular formula is C12H14F3N5O4. The highest BCUT2D eigenvalue weighted by atomic mass is 19.4. The number of aryl methyl sites for hydroxylation is 2. The molecule has 2 rings (SSSR count). The minimum Gasteiger partial charge on any atom is -0.362 e. The molecule has 24 heavy (non-hydrogen) atoms. The first-order valence-electron chi connectivity index (χ1n) is 6.82. The van der Waals surface area contributed by atoms with Gasteiger partial charge in [-0.25, -0.2) is 0 Å². The lowest BCUT2D eigenvalue weighted by Crippen LogP contribution is -2.56. The maximum atomic E-state index is 12.9. The average Bonchev–Trinajstić information content (AvgIpc) is 2.97. The van der Waals surface area contributed by atoms with Gasteiger partial charge in [-0.1, -0.05) is 0 Å². The number of nitro groups is 1. The van der Waals surface area contributed by atoms with E-state index in [1.54, 1.807) is 0 Å². The van der Waals surface area contributed by atoms with Crippen LogP contribution in [-0.4, -0.2) is 48.8 Å². The summed E-state index contributed by atoms with van der Waals surface area (Å²) < 4.78 is 39.9. The van der Waals surface area contributed by atoms with Crippen LogP contribution >= 0.6 is 0 Å². The molecule has 0 fully saturated rings. The predicted molar refractivity (Wildman–Crippen MR) is 73.9 cm³/mol. The average molecular weight is 349 g/mol. The van der Waals surface area contributed by atoms with Crippen LogP contribution < -0.4 is 0 Å². The highest BCUT2D eigenvalue weighted by Crippen LogP contribution is 2.38. The molecule has 2 heterocycles. The Morgan fingerprint density at radius 1 is 1.50 bits per heavy atom. The molecular weight excluding hydrogens is 335 g/mol. The Hall–Kier alpha value is -2.50. The molecule has 0 spiro atoms. The minimum absolute atomic E-state index is 0.00684. The Labute approximate surface area is 133 Å². The third-order valence-electron chi connectivity index (χ3n) is 3.68. The molecule has 1 aromatic heterocycles. The van der Waals surface area contributed by atoms with E-state index in [0.717, 1.165) is 10.9 Å². The number of hydrazone groups is 1. The van der Waals surface area contributed by atoms with Crippen molar-refractivity contribution in [2.45, 2.75) is 45.1 Å². The number of aromatic nitrogens is 2. The first-order valence-corrected chi connectivity index (χ1v) is 6.82. The minimum atomic E-state index is -5.06. The molecule has 0 saturated heterocycles. The van der Waals surface area contributed by atoms with Crippen LogP contribution in [0.4, 0.5) is 18.9 Å². The maximum absolute atomic E-state index is 12.9. The molecule has 0 saturated carbocycles. The van der Waals surface area contributed by atoms with Gasteiger partial charge in [0.25, 0.3) is 5.72 Å². The Balaban J connectivity index is 2.13. The van der Waals surface area contributed by atoms with E-state index in [9.17, 15) is 33.2 Å². The fourth-order valence-corrected chi connectivity index (χ4v) is 2.42. The second kappa shape index (κ2) is 5.85. The van der Waals surface area contributed by atoms with Crippen LogP contribution in [0.15, 0.2) is 5.10 Å². The van der Waals surface area contributed by atoms with E-state index >= 15 is 0 Å². The molecule has 1 aromatic rings. The van der Waals surface area contributed by atoms with Crippen LogP contribution in [0.25, 0.3) is 0 Å². The normalized spacial score (nSPS) is 20.7. The lowest BCUT2D eigenvalue weighted by Gasteiger charge is -2.32. The van der Waals surface area contributed by atoms with Gasteiger partial charge in [-0.15, -0.1) is 0 Å². The van der Waals surface area contributed by atoms with Gasteiger partial charge in [0, 0.05) is 19.1 Å². The Kier molecular flexibility index (Phi) is 4.35. The van der Waals surface area contributed by atoms with Gasteiger partial charge >= 0.3 is 11.9 Å². The van der Waals surface area contributed by atoms with Gasteiger partial charge < -0.3 is 5.11 Å². The molecule has 9 nitrogen and oxygen atoms in total. The smallest absolute Gasteiger partial charge is 0.362 e. The van der Waals surface area contributed by atoms with Crippen LogP contribution in [-0.2, 0) is 11.3 Å². The Morgan fingerprint density at radius 2 is 2.12 bits per heavy atom. The molecule has 0 bridgehead atoms. The van der Waals surface area contributed by atoms with Gasteiger partial charge in [0.1, 0.15) is 11.4 Å². The summed E-state index contributed by atoms with van der Waals surface area (Å²) in [5.74, 6) is -1.07. The third kappa shape index (κ3) is 2.84. The standard InChI is InChI=1S/C12H14F3N5O4/c1-7-10(20(23)24)8(2)18(17-7)6-3-9(21)19-11(22,4-5-16-19)12(13,14)15/h5,22H,3-4,6H2,1-2H3/t11-/m1/s1. The summed E-state index contributed by atoms with van der Waals surface area (Å²) in [4.78, 5) is 22.3. The SMILES string of the molecule is Cc1nn(CCC(=O)N2N=CC[C@@]2(O)C(F)(F)F)c(C)c1[N+](=O)[O-]. The molecule has 1 atom stereocenters. The largest absolute Gasteiger partial charge is 0.438 e. The molecule has 12 heteroatoms. The summed E-state index contributed by atoms with van der Waals surface area (Å²) in [5, 5.41) is 27.8. The second-order valence-electron chi connectivity index (χ2n) is 5.27. The number of halogens is 3. The third-order valence-corrected chi connectivity index (χ3v) is 3.68. The van der Waals surface area contributed by atoms with Crippen LogP contribution in [0, 0.1) is 24.0 Å². The molecule has 0 unspecified atom stereocenters. The fraction of sp³-hybridized carbons (Fsp3) is 0.583. The van der Waals surface area contributed by atoms with Gasteiger partial charge in [-0.05, 0) is 13.8 Å². The summed E-state index contributed by atoms with van der Waals surface area (Å²) in [5.41, 5.74) is -3.27. The van der Waals surface area contributed by atoms with Crippen LogP contribution in [0.5, 0.6) is 0 Å². The molecule has 1 amide bonds. The number of aliphatic hydroxyl groups is 1. The number of hydrogen-bond acceptors (Lipinski definition) is 6. The zero-order valence-electron chi connectivity index (χ0n) is 12.7. The van der Waals surface area contributed by atoms with Crippen molar-refractivity contribution in [1.29, 1.82) is 0 Å². The summed E-state index contributed by atoms with van der Waals surface area (Å²) in [6.07, 6.45) is -5.57. The van der Waals surface area contributed by atoms with Crippen molar-refractivity contribution >= 4 is 17.8 Å². The molecule has 0 aliphatic carbocycles.